The van der Waals surface area contributed by atoms with Gasteiger partial charge in [-0.15, -0.1) is 11.3 Å². The molecule has 4 N–H and O–H groups in total. The summed E-state index contributed by atoms with van der Waals surface area (Å²) < 4.78 is 51.9. The molecule has 1 amide bonds. The number of carbonyl (C=O) groups excluding carboxylic acids is 1. The number of ether oxygens (including phenoxy) is 1. The number of hydrogen-bond donors (Lipinski definition) is 3. The molecule has 1 aromatic carbocycles. The highest BCUT2D eigenvalue weighted by atomic mass is 79.9. The third-order valence-electron chi connectivity index (χ3n) is 4.02. The highest BCUT2D eigenvalue weighted by Gasteiger charge is 2.55. The maximum atomic E-state index is 14.8. The fraction of sp³-hybridized carbons (Fsp3) is 0.471. The Morgan fingerprint density at radius 1 is 1.41 bits per heavy atom. The number of amides is 1. The second-order valence-electron chi connectivity index (χ2n) is 6.15. The Morgan fingerprint density at radius 2 is 2.07 bits per heavy atom. The van der Waals surface area contributed by atoms with Crippen molar-refractivity contribution in [1.82, 2.24) is 0 Å². The van der Waals surface area contributed by atoms with Gasteiger partial charge >= 0.3 is 13.3 Å². The van der Waals surface area contributed by atoms with Crippen molar-refractivity contribution in [3.63, 3.8) is 0 Å². The molecule has 2 atom stereocenters. The first-order valence-electron chi connectivity index (χ1n) is 8.69. The van der Waals surface area contributed by atoms with Crippen LogP contribution >= 0.6 is 34.9 Å². The lowest BCUT2D eigenvalue weighted by Gasteiger charge is -2.20. The lowest BCUT2D eigenvalue weighted by molar-refractivity contribution is 0.0495. The van der Waals surface area contributed by atoms with Crippen molar-refractivity contribution in [2.75, 3.05) is 13.2 Å². The molecule has 0 radical (unpaired) electrons. The van der Waals surface area contributed by atoms with Crippen LogP contribution in [0.1, 0.15) is 41.9 Å². The van der Waals surface area contributed by atoms with Crippen LogP contribution in [0.2, 0.25) is 0 Å². The minimum Gasteiger partial charge on any atom is -0.487 e. The largest absolute Gasteiger partial charge is 0.487 e. The summed E-state index contributed by atoms with van der Waals surface area (Å²) in [7, 11) is -5.31. The Labute approximate surface area is 178 Å². The van der Waals surface area contributed by atoms with Gasteiger partial charge in [0, 0.05) is 15.4 Å². The first-order chi connectivity index (χ1) is 13.5. The van der Waals surface area contributed by atoms with Crippen LogP contribution in [0.25, 0.3) is 10.1 Å². The number of carbonyl (C=O) groups is 1. The number of aliphatic hydroxyl groups is 1. The van der Waals surface area contributed by atoms with Crippen LogP contribution in [0.4, 0.5) is 8.78 Å². The summed E-state index contributed by atoms with van der Waals surface area (Å²) >= 11 is 3.58. The summed E-state index contributed by atoms with van der Waals surface area (Å²) in [6.07, 6.45) is 0.567. The van der Waals surface area contributed by atoms with Crippen LogP contribution in [-0.4, -0.2) is 35.2 Å². The fourth-order valence-corrected chi connectivity index (χ4v) is 6.09. The molecule has 0 aliphatic rings. The quantitative estimate of drug-likeness (QED) is 0.398. The molecule has 2 unspecified atom stereocenters. The van der Waals surface area contributed by atoms with Gasteiger partial charge in [-0.25, -0.2) is 0 Å². The van der Waals surface area contributed by atoms with Crippen LogP contribution in [0.5, 0.6) is 5.75 Å². The second kappa shape index (κ2) is 9.36. The highest BCUT2D eigenvalue weighted by Crippen LogP contribution is 2.66. The molecule has 1 heterocycles. The van der Waals surface area contributed by atoms with Gasteiger partial charge in [-0.1, -0.05) is 13.3 Å². The van der Waals surface area contributed by atoms with Gasteiger partial charge in [0.05, 0.1) is 17.9 Å². The van der Waals surface area contributed by atoms with Gasteiger partial charge in [-0.05, 0) is 41.4 Å². The van der Waals surface area contributed by atoms with Crippen LogP contribution < -0.4 is 10.5 Å². The van der Waals surface area contributed by atoms with Crippen LogP contribution in [-0.2, 0) is 14.8 Å². The molecule has 0 saturated heterocycles. The smallest absolute Gasteiger partial charge is 0.402 e. The Hall–Kier alpha value is -1.10. The molecule has 0 aliphatic heterocycles. The van der Waals surface area contributed by atoms with Crippen LogP contribution in [0.15, 0.2) is 16.6 Å². The second-order valence-corrected chi connectivity index (χ2v) is 9.83. The molecule has 12 heteroatoms. The van der Waals surface area contributed by atoms with Crippen molar-refractivity contribution in [2.45, 2.75) is 38.5 Å². The van der Waals surface area contributed by atoms with Crippen molar-refractivity contribution in [2.24, 2.45) is 5.73 Å². The molecule has 0 spiro atoms. The zero-order chi connectivity index (χ0) is 22.0. The lowest BCUT2D eigenvalue weighted by Crippen LogP contribution is -2.21. The van der Waals surface area contributed by atoms with Crippen molar-refractivity contribution in [1.29, 1.82) is 0 Å². The maximum absolute atomic E-state index is 14.8. The average molecular weight is 516 g/mol. The number of alkyl halides is 2. The van der Waals surface area contributed by atoms with E-state index in [0.29, 0.717) is 24.2 Å². The van der Waals surface area contributed by atoms with E-state index < -0.39 is 30.1 Å². The minimum absolute atomic E-state index is 0.00560. The maximum Gasteiger partial charge on any atom is 0.402 e. The number of primary amides is 1. The van der Waals surface area contributed by atoms with Crippen LogP contribution in [0.3, 0.4) is 0 Å². The fourth-order valence-electron chi connectivity index (χ4n) is 2.64. The van der Waals surface area contributed by atoms with Gasteiger partial charge in [0.1, 0.15) is 16.7 Å². The number of thiophene rings is 1. The predicted molar refractivity (Wildman–Crippen MR) is 110 cm³/mol. The van der Waals surface area contributed by atoms with Gasteiger partial charge in [0.15, 0.2) is 0 Å². The van der Waals surface area contributed by atoms with E-state index in [1.165, 1.54) is 19.1 Å². The molecule has 29 heavy (non-hydrogen) atoms. The molecule has 0 bridgehead atoms. The number of benzene rings is 1. The van der Waals surface area contributed by atoms with Crippen molar-refractivity contribution in [3.05, 3.63) is 27.0 Å². The normalized spacial score (nSPS) is 15.3. The predicted octanol–water partition coefficient (Wildman–Crippen LogP) is 4.57. The monoisotopic (exact) mass is 515 g/mol. The van der Waals surface area contributed by atoms with Gasteiger partial charge in [0.2, 0.25) is 5.91 Å². The highest BCUT2D eigenvalue weighted by molar-refractivity contribution is 9.10. The first kappa shape index (κ1) is 24.2. The van der Waals surface area contributed by atoms with E-state index in [1.54, 1.807) is 0 Å². The Morgan fingerprint density at radius 3 is 2.59 bits per heavy atom. The van der Waals surface area contributed by atoms with E-state index in [1.807, 2.05) is 6.92 Å². The zero-order valence-corrected chi connectivity index (χ0v) is 19.0. The molecular weight excluding hydrogens is 495 g/mol. The third-order valence-corrected chi connectivity index (χ3v) is 8.09. The molecule has 2 rings (SSSR count). The van der Waals surface area contributed by atoms with E-state index in [4.69, 9.17) is 10.5 Å². The van der Waals surface area contributed by atoms with Crippen LogP contribution in [0, 0.1) is 0 Å². The summed E-state index contributed by atoms with van der Waals surface area (Å²) in [4.78, 5) is 20.7. The number of fused-ring (bicyclic) bond motifs is 1. The molecule has 7 nitrogen and oxygen atoms in total. The number of hydrogen-bond acceptors (Lipinski definition) is 6. The minimum atomic E-state index is -5.31. The zero-order valence-electron chi connectivity index (χ0n) is 15.7. The average Bonchev–Trinajstić information content (AvgIpc) is 2.98. The van der Waals surface area contributed by atoms with E-state index in [9.17, 15) is 28.1 Å². The van der Waals surface area contributed by atoms with Crippen molar-refractivity contribution >= 4 is 50.9 Å². The van der Waals surface area contributed by atoms with Gasteiger partial charge < -0.3 is 25.0 Å². The molecule has 1 aromatic heterocycles. The molecular formula is C17H21BrF2NO6PS. The topological polar surface area (TPSA) is 119 Å². The third kappa shape index (κ3) is 4.81. The van der Waals surface area contributed by atoms with Gasteiger partial charge in [-0.2, -0.15) is 8.78 Å². The lowest BCUT2D eigenvalue weighted by atomic mass is 10.1. The summed E-state index contributed by atoms with van der Waals surface area (Å²) in [6, 6.07) is 2.59. The number of nitrogens with two attached hydrogens (primary N) is 1. The summed E-state index contributed by atoms with van der Waals surface area (Å²) in [5.74, 6) is -0.734. The van der Waals surface area contributed by atoms with E-state index in [2.05, 4.69) is 20.5 Å². The Kier molecular flexibility index (Phi) is 7.80. The molecule has 2 aromatic rings. The summed E-state index contributed by atoms with van der Waals surface area (Å²) in [6.45, 7) is 2.52. The molecule has 0 aliphatic carbocycles. The molecule has 0 fully saturated rings. The Balaban J connectivity index is 2.71. The van der Waals surface area contributed by atoms with E-state index in [0.717, 1.165) is 0 Å². The molecule has 162 valence electrons. The Bertz CT molecular complexity index is 954. The number of aliphatic hydroxyl groups excluding tert-OH is 1. The standard InChI is InChI=1S/C17H21BrF2NO6PS/c1-3-5-10(8-22)27-12-7-9(16(21)23)6-11-13(18)15(29-14(11)12)17(19,20)28(24,25)26-4-2/h6-7,10,22H,3-5,8H2,1-2H3,(H2,21,23)(H,24,25). The van der Waals surface area contributed by atoms with Gasteiger partial charge in [-0.3, -0.25) is 9.36 Å². The van der Waals surface area contributed by atoms with Crippen molar-refractivity contribution in [3.8, 4) is 5.75 Å². The number of rotatable bonds is 10. The van der Waals surface area contributed by atoms with E-state index in [-0.39, 0.29) is 39.1 Å². The van der Waals surface area contributed by atoms with Crippen molar-refractivity contribution < 1.29 is 37.4 Å². The van der Waals surface area contributed by atoms with Gasteiger partial charge in [0.25, 0.3) is 0 Å². The summed E-state index contributed by atoms with van der Waals surface area (Å²) in [5, 5.41) is 9.66. The number of halogens is 3. The van der Waals surface area contributed by atoms with E-state index >= 15 is 0 Å². The summed E-state index contributed by atoms with van der Waals surface area (Å²) in [5.41, 5.74) is 1.15. The SMILES string of the molecule is CCCC(CO)Oc1cc(C(N)=O)cc2c(Br)c(C(F)(F)P(=O)(O)OCC)sc12. The molecule has 0 saturated carbocycles. The first-order valence-corrected chi connectivity index (χ1v) is 11.9.